The first-order valence-corrected chi connectivity index (χ1v) is 17.3. The van der Waals surface area contributed by atoms with Crippen molar-refractivity contribution in [2.45, 2.75) is 51.7 Å². The monoisotopic (exact) mass is 621 g/mol. The number of anilines is 3. The summed E-state index contributed by atoms with van der Waals surface area (Å²) in [6.07, 6.45) is 3.94. The number of aromatic nitrogens is 2. The zero-order valence-corrected chi connectivity index (χ0v) is 26.9. The van der Waals surface area contributed by atoms with Crippen LogP contribution in [0.4, 0.5) is 22.2 Å². The van der Waals surface area contributed by atoms with Gasteiger partial charge in [-0.25, -0.2) is 18.2 Å². The van der Waals surface area contributed by atoms with E-state index in [0.717, 1.165) is 93.0 Å². The van der Waals surface area contributed by atoms with Crippen LogP contribution in [0.2, 0.25) is 0 Å². The lowest BCUT2D eigenvalue weighted by Gasteiger charge is -2.56. The number of fused-ring (bicyclic) bond motifs is 1. The highest BCUT2D eigenvalue weighted by molar-refractivity contribution is 7.92. The minimum absolute atomic E-state index is 0.192. The number of hydrogen-bond donors (Lipinski definition) is 2. The van der Waals surface area contributed by atoms with Crippen LogP contribution in [0.5, 0.6) is 0 Å². The van der Waals surface area contributed by atoms with Crippen molar-refractivity contribution in [3.63, 3.8) is 0 Å². The first-order valence-electron chi connectivity index (χ1n) is 15.4. The number of nitrogens with zero attached hydrogens (tertiary/aromatic N) is 5. The number of hydrogen-bond acceptors (Lipinski definition) is 9. The SMILES string of the molecule is CC(C)(C)OC(=O)N1CC2(CCN(C3CN(c4nc(NCCc5ccc(NS(C)(=O)=O)cc5)c5ccccc5n4)C3)CC2)C1. The number of amides is 1. The van der Waals surface area contributed by atoms with Crippen LogP contribution in [0.15, 0.2) is 48.5 Å². The summed E-state index contributed by atoms with van der Waals surface area (Å²) in [4.78, 5) is 28.9. The quantitative estimate of drug-likeness (QED) is 0.382. The van der Waals surface area contributed by atoms with Gasteiger partial charge in [-0.3, -0.25) is 9.62 Å². The largest absolute Gasteiger partial charge is 0.444 e. The number of carbonyl (C=O) groups is 1. The normalized spacial score (nSPS) is 19.0. The molecule has 2 aromatic carbocycles. The van der Waals surface area contributed by atoms with E-state index in [4.69, 9.17) is 14.7 Å². The van der Waals surface area contributed by atoms with Gasteiger partial charge in [0.05, 0.1) is 11.8 Å². The first kappa shape index (κ1) is 30.4. The third kappa shape index (κ3) is 7.02. The van der Waals surface area contributed by atoms with Gasteiger partial charge in [-0.05, 0) is 83.0 Å². The lowest BCUT2D eigenvalue weighted by Crippen LogP contribution is -2.66. The molecule has 1 spiro atoms. The van der Waals surface area contributed by atoms with E-state index in [1.807, 2.05) is 62.1 Å². The molecule has 2 N–H and O–H groups in total. The highest BCUT2D eigenvalue weighted by atomic mass is 32.2. The number of benzene rings is 2. The molecule has 0 saturated carbocycles. The summed E-state index contributed by atoms with van der Waals surface area (Å²) in [7, 11) is -3.29. The van der Waals surface area contributed by atoms with E-state index in [2.05, 4.69) is 19.8 Å². The molecule has 4 heterocycles. The molecule has 12 heteroatoms. The number of nitrogens with one attached hydrogen (secondary N) is 2. The molecule has 0 atom stereocenters. The zero-order valence-electron chi connectivity index (χ0n) is 26.0. The van der Waals surface area contributed by atoms with E-state index < -0.39 is 15.6 Å². The van der Waals surface area contributed by atoms with Gasteiger partial charge in [0.1, 0.15) is 11.4 Å². The summed E-state index contributed by atoms with van der Waals surface area (Å²) >= 11 is 0. The summed E-state index contributed by atoms with van der Waals surface area (Å²) in [5.74, 6) is 1.57. The van der Waals surface area contributed by atoms with Crippen molar-refractivity contribution in [3.8, 4) is 0 Å². The van der Waals surface area contributed by atoms with Crippen LogP contribution in [0.3, 0.4) is 0 Å². The van der Waals surface area contributed by atoms with Crippen LogP contribution in [0, 0.1) is 5.41 Å². The highest BCUT2D eigenvalue weighted by Crippen LogP contribution is 2.42. The Balaban J connectivity index is 1.01. The second-order valence-electron chi connectivity index (χ2n) is 13.6. The topological polar surface area (TPSA) is 120 Å². The Kier molecular flexibility index (Phi) is 8.08. The van der Waals surface area contributed by atoms with Crippen molar-refractivity contribution in [1.82, 2.24) is 19.8 Å². The van der Waals surface area contributed by atoms with E-state index in [0.29, 0.717) is 18.3 Å². The first-order chi connectivity index (χ1) is 20.8. The van der Waals surface area contributed by atoms with Gasteiger partial charge in [0.25, 0.3) is 0 Å². The number of piperidine rings is 1. The van der Waals surface area contributed by atoms with Gasteiger partial charge in [-0.1, -0.05) is 24.3 Å². The minimum atomic E-state index is -3.29. The molecule has 11 nitrogen and oxygen atoms in total. The standard InChI is InChI=1S/C32H43N7O4S/c1-31(2,3)43-30(40)39-21-32(22-39)14-17-37(18-15-32)25-19-38(20-25)29-34-27-8-6-5-7-26(27)28(35-29)33-16-13-23-9-11-24(12-10-23)36-44(4,41)42/h5-12,25,36H,13-22H2,1-4H3,(H,33,34,35). The predicted molar refractivity (Wildman–Crippen MR) is 174 cm³/mol. The van der Waals surface area contributed by atoms with Gasteiger partial charge < -0.3 is 19.9 Å². The van der Waals surface area contributed by atoms with Gasteiger partial charge in [0.2, 0.25) is 16.0 Å². The summed E-state index contributed by atoms with van der Waals surface area (Å²) in [5.41, 5.74) is 2.36. The van der Waals surface area contributed by atoms with E-state index in [1.54, 1.807) is 12.1 Å². The van der Waals surface area contributed by atoms with Crippen molar-refractivity contribution in [2.75, 3.05) is 67.0 Å². The Labute approximate surface area is 260 Å². The van der Waals surface area contributed by atoms with Crippen LogP contribution in [-0.2, 0) is 21.2 Å². The Morgan fingerprint density at radius 2 is 1.70 bits per heavy atom. The van der Waals surface area contributed by atoms with Crippen molar-refractivity contribution in [1.29, 1.82) is 0 Å². The van der Waals surface area contributed by atoms with E-state index in [9.17, 15) is 13.2 Å². The van der Waals surface area contributed by atoms with Crippen LogP contribution in [0.1, 0.15) is 39.2 Å². The fourth-order valence-corrected chi connectivity index (χ4v) is 6.93. The molecule has 6 rings (SSSR count). The third-order valence-electron chi connectivity index (χ3n) is 8.78. The molecule has 3 fully saturated rings. The number of carbonyl (C=O) groups excluding carboxylic acids is 1. The lowest BCUT2D eigenvalue weighted by atomic mass is 9.72. The Morgan fingerprint density at radius 1 is 1.02 bits per heavy atom. The number of likely N-dealkylation sites (tertiary alicyclic amines) is 2. The van der Waals surface area contributed by atoms with Gasteiger partial charge in [-0.2, -0.15) is 4.98 Å². The molecule has 0 unspecified atom stereocenters. The van der Waals surface area contributed by atoms with E-state index >= 15 is 0 Å². The molecule has 1 aromatic heterocycles. The van der Waals surface area contributed by atoms with Gasteiger partial charge in [0, 0.05) is 55.3 Å². The molecule has 0 aliphatic carbocycles. The number of ether oxygens (including phenoxy) is 1. The summed E-state index contributed by atoms with van der Waals surface area (Å²) in [6, 6.07) is 16.0. The fourth-order valence-electron chi connectivity index (χ4n) is 6.37. The Morgan fingerprint density at radius 3 is 2.36 bits per heavy atom. The van der Waals surface area contributed by atoms with Gasteiger partial charge in [0.15, 0.2) is 0 Å². The van der Waals surface area contributed by atoms with E-state index in [1.165, 1.54) is 0 Å². The maximum Gasteiger partial charge on any atom is 0.410 e. The summed E-state index contributed by atoms with van der Waals surface area (Å²) < 4.78 is 31.0. The molecule has 3 saturated heterocycles. The van der Waals surface area contributed by atoms with Crippen molar-refractivity contribution < 1.29 is 17.9 Å². The smallest absolute Gasteiger partial charge is 0.410 e. The minimum Gasteiger partial charge on any atom is -0.444 e. The molecule has 0 bridgehead atoms. The van der Waals surface area contributed by atoms with Crippen LogP contribution >= 0.6 is 0 Å². The van der Waals surface area contributed by atoms with Gasteiger partial charge in [-0.15, -0.1) is 0 Å². The lowest BCUT2D eigenvalue weighted by molar-refractivity contribution is -0.0651. The second kappa shape index (κ2) is 11.7. The van der Waals surface area contributed by atoms with Crippen LogP contribution in [-0.4, -0.2) is 98.0 Å². The average Bonchev–Trinajstić information content (AvgIpc) is 2.90. The van der Waals surface area contributed by atoms with Crippen molar-refractivity contribution in [2.24, 2.45) is 5.41 Å². The summed E-state index contributed by atoms with van der Waals surface area (Å²) in [5, 5.41) is 4.51. The number of rotatable bonds is 8. The molecule has 3 aliphatic heterocycles. The average molecular weight is 622 g/mol. The molecule has 3 aliphatic rings. The molecular weight excluding hydrogens is 578 g/mol. The maximum atomic E-state index is 12.4. The van der Waals surface area contributed by atoms with Crippen LogP contribution < -0.4 is 14.9 Å². The van der Waals surface area contributed by atoms with Crippen molar-refractivity contribution in [3.05, 3.63) is 54.1 Å². The van der Waals surface area contributed by atoms with Gasteiger partial charge >= 0.3 is 6.09 Å². The van der Waals surface area contributed by atoms with E-state index in [-0.39, 0.29) is 11.5 Å². The second-order valence-corrected chi connectivity index (χ2v) is 15.3. The molecule has 3 aromatic rings. The fraction of sp³-hybridized carbons (Fsp3) is 0.531. The third-order valence-corrected chi connectivity index (χ3v) is 9.39. The predicted octanol–water partition coefficient (Wildman–Crippen LogP) is 4.18. The molecule has 44 heavy (non-hydrogen) atoms. The number of sulfonamides is 1. The maximum absolute atomic E-state index is 12.4. The Bertz CT molecular complexity index is 1600. The molecule has 1 amide bonds. The molecular formula is C32H43N7O4S. The van der Waals surface area contributed by atoms with Crippen molar-refractivity contribution >= 4 is 44.5 Å². The molecule has 236 valence electrons. The highest BCUT2D eigenvalue weighted by Gasteiger charge is 2.49. The number of para-hydroxylation sites is 1. The molecule has 0 radical (unpaired) electrons. The zero-order chi connectivity index (χ0) is 31.1. The Hall–Kier alpha value is -3.64. The van der Waals surface area contributed by atoms with Crippen LogP contribution in [0.25, 0.3) is 10.9 Å². The summed E-state index contributed by atoms with van der Waals surface area (Å²) in [6.45, 7) is 11.9.